The molecule has 0 aliphatic heterocycles. The zero-order valence-electron chi connectivity index (χ0n) is 16.6. The van der Waals surface area contributed by atoms with E-state index in [0.717, 1.165) is 10.2 Å². The van der Waals surface area contributed by atoms with Gasteiger partial charge in [-0.15, -0.1) is 11.3 Å². The van der Waals surface area contributed by atoms with Gasteiger partial charge in [0.1, 0.15) is 22.0 Å². The van der Waals surface area contributed by atoms with Crippen molar-refractivity contribution in [3.8, 4) is 0 Å². The number of thiophene rings is 1. The van der Waals surface area contributed by atoms with Gasteiger partial charge in [0.25, 0.3) is 0 Å². The van der Waals surface area contributed by atoms with Gasteiger partial charge in [0, 0.05) is 30.0 Å². The van der Waals surface area contributed by atoms with Crippen molar-refractivity contribution < 1.29 is 13.9 Å². The zero-order chi connectivity index (χ0) is 21.2. The van der Waals surface area contributed by atoms with Gasteiger partial charge < -0.3 is 19.8 Å². The van der Waals surface area contributed by atoms with Crippen LogP contribution in [0.1, 0.15) is 38.3 Å². The molecule has 3 aromatic heterocycles. The second-order valence-electron chi connectivity index (χ2n) is 7.69. The van der Waals surface area contributed by atoms with E-state index in [4.69, 9.17) is 20.8 Å². The largest absolute Gasteiger partial charge is 0.456 e. The lowest BCUT2D eigenvalue weighted by Gasteiger charge is -2.21. The van der Waals surface area contributed by atoms with E-state index in [0.29, 0.717) is 35.0 Å². The highest BCUT2D eigenvalue weighted by Crippen LogP contribution is 2.36. The third kappa shape index (κ3) is 5.87. The van der Waals surface area contributed by atoms with Crippen LogP contribution in [0.15, 0.2) is 32.5 Å². The van der Waals surface area contributed by atoms with Crippen LogP contribution in [-0.2, 0) is 17.7 Å². The van der Waals surface area contributed by atoms with Crippen LogP contribution in [0.25, 0.3) is 11.1 Å². The van der Waals surface area contributed by atoms with Gasteiger partial charge in [-0.3, -0.25) is 0 Å². The van der Waals surface area contributed by atoms with E-state index in [1.165, 1.54) is 4.88 Å². The van der Waals surface area contributed by atoms with Crippen molar-refractivity contribution in [2.24, 2.45) is 0 Å². The molecule has 1 amide bonds. The molecule has 0 saturated heterocycles. The van der Waals surface area contributed by atoms with Crippen LogP contribution in [-0.4, -0.2) is 22.7 Å². The molecule has 0 radical (unpaired) electrons. The Kier molecular flexibility index (Phi) is 6.76. The number of hydrogen-bond acceptors (Lipinski definition) is 6. The topological polar surface area (TPSA) is 76.4 Å². The van der Waals surface area contributed by atoms with E-state index >= 15 is 0 Å². The van der Waals surface area contributed by atoms with Crippen LogP contribution >= 0.6 is 38.9 Å². The first-order valence-electron chi connectivity index (χ1n) is 9.15. The number of nitrogens with zero attached hydrogens (tertiary/aromatic N) is 1. The normalized spacial score (nSPS) is 12.8. The van der Waals surface area contributed by atoms with Gasteiger partial charge in [-0.05, 0) is 55.1 Å². The molecule has 0 spiro atoms. The number of nitrogens with one attached hydrogen (secondary N) is 2. The molecule has 9 heteroatoms. The van der Waals surface area contributed by atoms with E-state index < -0.39 is 11.7 Å². The van der Waals surface area contributed by atoms with E-state index in [-0.39, 0.29) is 6.04 Å². The molecule has 0 aliphatic carbocycles. The highest BCUT2D eigenvalue weighted by atomic mass is 79.9. The summed E-state index contributed by atoms with van der Waals surface area (Å²) in [5.41, 5.74) is 1.49. The number of rotatable bonds is 6. The lowest BCUT2D eigenvalue weighted by atomic mass is 10.2. The predicted octanol–water partition coefficient (Wildman–Crippen LogP) is 6.37. The maximum Gasteiger partial charge on any atom is 0.407 e. The summed E-state index contributed by atoms with van der Waals surface area (Å²) in [6, 6.07) is 5.63. The second kappa shape index (κ2) is 8.93. The lowest BCUT2D eigenvalue weighted by Crippen LogP contribution is -2.38. The van der Waals surface area contributed by atoms with Gasteiger partial charge in [0.15, 0.2) is 5.58 Å². The molecule has 0 bridgehead atoms. The Balaban J connectivity index is 1.77. The predicted molar refractivity (Wildman–Crippen MR) is 121 cm³/mol. The highest BCUT2D eigenvalue weighted by molar-refractivity contribution is 9.10. The van der Waals surface area contributed by atoms with Crippen molar-refractivity contribution >= 4 is 61.7 Å². The number of anilines is 1. The lowest BCUT2D eigenvalue weighted by molar-refractivity contribution is 0.0507. The molecule has 1 atom stereocenters. The average molecular weight is 501 g/mol. The minimum absolute atomic E-state index is 0.195. The van der Waals surface area contributed by atoms with Crippen LogP contribution in [0.4, 0.5) is 10.5 Å². The Morgan fingerprint density at radius 2 is 2.21 bits per heavy atom. The summed E-state index contributed by atoms with van der Waals surface area (Å²) in [5.74, 6) is 0.678. The molecule has 3 rings (SSSR count). The Morgan fingerprint density at radius 1 is 1.45 bits per heavy atom. The van der Waals surface area contributed by atoms with E-state index in [2.05, 4.69) is 37.6 Å². The summed E-state index contributed by atoms with van der Waals surface area (Å²) in [4.78, 5) is 17.6. The summed E-state index contributed by atoms with van der Waals surface area (Å²) in [7, 11) is 0. The Bertz CT molecular complexity index is 999. The summed E-state index contributed by atoms with van der Waals surface area (Å²) >= 11 is 11.5. The van der Waals surface area contributed by atoms with Crippen molar-refractivity contribution in [2.75, 3.05) is 5.32 Å². The van der Waals surface area contributed by atoms with Crippen LogP contribution in [0, 0.1) is 0 Å². The third-order valence-electron chi connectivity index (χ3n) is 3.91. The van der Waals surface area contributed by atoms with Crippen LogP contribution in [0.2, 0.25) is 5.15 Å². The minimum Gasteiger partial charge on any atom is -0.456 e. The number of carbonyl (C=O) groups excluding carboxylic acids is 1. The molecule has 0 aliphatic rings. The van der Waals surface area contributed by atoms with Crippen molar-refractivity contribution in [3.63, 3.8) is 0 Å². The second-order valence-corrected chi connectivity index (χ2v) is 9.91. The number of aromatic nitrogens is 1. The van der Waals surface area contributed by atoms with Gasteiger partial charge in [-0.1, -0.05) is 17.7 Å². The fourth-order valence-electron chi connectivity index (χ4n) is 2.75. The van der Waals surface area contributed by atoms with Crippen molar-refractivity contribution in [1.29, 1.82) is 0 Å². The fourth-order valence-corrected chi connectivity index (χ4v) is 4.10. The molecule has 0 aromatic carbocycles. The van der Waals surface area contributed by atoms with Gasteiger partial charge in [-0.25, -0.2) is 9.78 Å². The van der Waals surface area contributed by atoms with E-state index in [1.807, 2.05) is 39.1 Å². The van der Waals surface area contributed by atoms with E-state index in [9.17, 15) is 4.79 Å². The van der Waals surface area contributed by atoms with Crippen molar-refractivity contribution in [1.82, 2.24) is 10.3 Å². The van der Waals surface area contributed by atoms with E-state index in [1.54, 1.807) is 17.4 Å². The van der Waals surface area contributed by atoms with Crippen molar-refractivity contribution in [2.45, 2.75) is 52.3 Å². The Morgan fingerprint density at radius 3 is 2.86 bits per heavy atom. The standard InChI is InChI=1S/C20H23BrClN3O3S/c1-11(24-19(26)28-20(2,3)4)8-14-16(21)17-18(27-14)13(9-15(22)25-17)23-10-12-6-5-7-29-12/h5-7,9,11H,8,10H2,1-4H3,(H,23,25)(H,24,26). The molecule has 3 heterocycles. The Hall–Kier alpha value is -1.77. The third-order valence-corrected chi connectivity index (χ3v) is 5.80. The number of fused-ring (bicyclic) bond motifs is 1. The molecule has 0 fully saturated rings. The quantitative estimate of drug-likeness (QED) is 0.384. The summed E-state index contributed by atoms with van der Waals surface area (Å²) in [5, 5.41) is 8.60. The minimum atomic E-state index is -0.548. The van der Waals surface area contributed by atoms with Gasteiger partial charge in [-0.2, -0.15) is 0 Å². The molecular formula is C20H23BrClN3O3S. The zero-order valence-corrected chi connectivity index (χ0v) is 19.8. The molecule has 1 unspecified atom stereocenters. The number of amides is 1. The van der Waals surface area contributed by atoms with Gasteiger partial charge >= 0.3 is 6.09 Å². The van der Waals surface area contributed by atoms with Crippen molar-refractivity contribution in [3.05, 3.63) is 43.8 Å². The van der Waals surface area contributed by atoms with Gasteiger partial charge in [0.2, 0.25) is 0 Å². The maximum atomic E-state index is 12.0. The first kappa shape index (κ1) is 21.9. The molecule has 6 nitrogen and oxygen atoms in total. The average Bonchev–Trinajstić information content (AvgIpc) is 3.21. The molecule has 29 heavy (non-hydrogen) atoms. The van der Waals surface area contributed by atoms with Crippen LogP contribution in [0.5, 0.6) is 0 Å². The summed E-state index contributed by atoms with van der Waals surface area (Å²) < 4.78 is 12.1. The maximum absolute atomic E-state index is 12.0. The number of ether oxygens (including phenoxy) is 1. The number of furan rings is 1. The monoisotopic (exact) mass is 499 g/mol. The summed E-state index contributed by atoms with van der Waals surface area (Å²) in [6.07, 6.45) is 0.00902. The first-order chi connectivity index (χ1) is 13.6. The SMILES string of the molecule is CC(Cc1oc2c(NCc3cccs3)cc(Cl)nc2c1Br)NC(=O)OC(C)(C)C. The fraction of sp³-hybridized carbons (Fsp3) is 0.400. The number of alkyl carbamates (subject to hydrolysis) is 1. The summed E-state index contributed by atoms with van der Waals surface area (Å²) in [6.45, 7) is 8.03. The molecule has 156 valence electrons. The van der Waals surface area contributed by atoms with Crippen LogP contribution in [0.3, 0.4) is 0 Å². The van der Waals surface area contributed by atoms with Gasteiger partial charge in [0.05, 0.1) is 10.2 Å². The first-order valence-corrected chi connectivity index (χ1v) is 11.2. The smallest absolute Gasteiger partial charge is 0.407 e. The number of hydrogen-bond donors (Lipinski definition) is 2. The van der Waals surface area contributed by atoms with Crippen LogP contribution < -0.4 is 10.6 Å². The molecule has 0 saturated carbocycles. The highest BCUT2D eigenvalue weighted by Gasteiger charge is 2.22. The molecular weight excluding hydrogens is 478 g/mol. The molecule has 2 N–H and O–H groups in total. The number of carbonyl (C=O) groups is 1. The molecule has 3 aromatic rings. The number of pyridine rings is 1. The Labute approximate surface area is 187 Å². The number of halogens is 2.